The molecule has 2 atom stereocenters. The van der Waals surface area contributed by atoms with E-state index in [2.05, 4.69) is 15.6 Å². The van der Waals surface area contributed by atoms with Gasteiger partial charge in [0, 0.05) is 0 Å². The van der Waals surface area contributed by atoms with E-state index in [1.807, 2.05) is 18.2 Å². The summed E-state index contributed by atoms with van der Waals surface area (Å²) in [5.41, 5.74) is 1.15. The van der Waals surface area contributed by atoms with Crippen molar-refractivity contribution in [3.05, 3.63) is 42.2 Å². The van der Waals surface area contributed by atoms with Crippen molar-refractivity contribution in [1.82, 2.24) is 20.3 Å². The molecule has 2 heterocycles. The molecule has 1 saturated heterocycles. The number of rotatable bonds is 2. The second-order valence-corrected chi connectivity index (χ2v) is 5.13. The van der Waals surface area contributed by atoms with Gasteiger partial charge in [0.25, 0.3) is 0 Å². The van der Waals surface area contributed by atoms with Crippen LogP contribution >= 0.6 is 0 Å². The van der Waals surface area contributed by atoms with Crippen LogP contribution in [0.1, 0.15) is 24.6 Å². The molecule has 1 aromatic heterocycles. The molecule has 0 aliphatic carbocycles. The van der Waals surface area contributed by atoms with Crippen molar-refractivity contribution >= 4 is 0 Å². The minimum absolute atomic E-state index is 0.126. The molecule has 4 nitrogen and oxygen atoms in total. The number of hydrogen-bond donors (Lipinski definition) is 1. The van der Waals surface area contributed by atoms with Gasteiger partial charge < -0.3 is 5.32 Å². The van der Waals surface area contributed by atoms with Gasteiger partial charge in [0.05, 0.1) is 29.5 Å². The molecule has 0 saturated carbocycles. The van der Waals surface area contributed by atoms with Crippen LogP contribution in [0.25, 0.3) is 5.69 Å². The van der Waals surface area contributed by atoms with Gasteiger partial charge in [0.1, 0.15) is 0 Å². The Hall–Kier alpha value is -1.89. The number of aromatic nitrogens is 3. The number of benzene rings is 1. The molecule has 0 amide bonds. The Labute approximate surface area is 120 Å². The van der Waals surface area contributed by atoms with Crippen LogP contribution < -0.4 is 5.32 Å². The molecule has 2 unspecified atom stereocenters. The van der Waals surface area contributed by atoms with E-state index in [1.54, 1.807) is 12.1 Å². The zero-order valence-corrected chi connectivity index (χ0v) is 11.2. The highest BCUT2D eigenvalue weighted by Gasteiger charge is 2.47. The number of nitrogens with one attached hydrogen (secondary N) is 1. The van der Waals surface area contributed by atoms with Gasteiger partial charge in [-0.05, 0) is 31.5 Å². The first-order valence-electron chi connectivity index (χ1n) is 6.83. The Morgan fingerprint density at radius 2 is 1.95 bits per heavy atom. The Morgan fingerprint density at radius 1 is 1.19 bits per heavy atom. The van der Waals surface area contributed by atoms with Gasteiger partial charge in [0.15, 0.2) is 0 Å². The monoisotopic (exact) mass is 296 g/mol. The number of hydrogen-bond acceptors (Lipinski definition) is 3. The molecule has 1 fully saturated rings. The SMILES string of the molecule is FC(F)(F)C1CCCNC1c1cnnn1-c1ccccc1. The number of alkyl halides is 3. The minimum Gasteiger partial charge on any atom is -0.308 e. The third-order valence-electron chi connectivity index (χ3n) is 3.77. The lowest BCUT2D eigenvalue weighted by molar-refractivity contribution is -0.189. The van der Waals surface area contributed by atoms with Crippen molar-refractivity contribution in [1.29, 1.82) is 0 Å². The Kier molecular flexibility index (Phi) is 3.67. The number of nitrogens with zero attached hydrogens (tertiary/aromatic N) is 3. The summed E-state index contributed by atoms with van der Waals surface area (Å²) in [5.74, 6) is -1.41. The Morgan fingerprint density at radius 3 is 2.67 bits per heavy atom. The first-order valence-corrected chi connectivity index (χ1v) is 6.83. The molecule has 1 N–H and O–H groups in total. The summed E-state index contributed by atoms with van der Waals surface area (Å²) in [7, 11) is 0. The van der Waals surface area contributed by atoms with Crippen LogP contribution in [-0.4, -0.2) is 27.7 Å². The third kappa shape index (κ3) is 2.78. The summed E-state index contributed by atoms with van der Waals surface area (Å²) in [6, 6.07) is 8.26. The molecule has 1 aliphatic heterocycles. The zero-order chi connectivity index (χ0) is 14.9. The number of para-hydroxylation sites is 1. The van der Waals surface area contributed by atoms with E-state index in [0.717, 1.165) is 0 Å². The van der Waals surface area contributed by atoms with Gasteiger partial charge in [-0.1, -0.05) is 23.4 Å². The van der Waals surface area contributed by atoms with Gasteiger partial charge in [-0.25, -0.2) is 4.68 Å². The highest BCUT2D eigenvalue weighted by atomic mass is 19.4. The van der Waals surface area contributed by atoms with Crippen LogP contribution in [0.5, 0.6) is 0 Å². The van der Waals surface area contributed by atoms with E-state index < -0.39 is 18.1 Å². The smallest absolute Gasteiger partial charge is 0.308 e. The molecule has 2 aromatic rings. The van der Waals surface area contributed by atoms with E-state index in [4.69, 9.17) is 0 Å². The average Bonchev–Trinajstić information content (AvgIpc) is 2.96. The minimum atomic E-state index is -4.23. The van der Waals surface area contributed by atoms with Crippen molar-refractivity contribution < 1.29 is 13.2 Å². The summed E-state index contributed by atoms with van der Waals surface area (Å²) in [4.78, 5) is 0. The van der Waals surface area contributed by atoms with Crippen molar-refractivity contribution in [3.63, 3.8) is 0 Å². The molecule has 21 heavy (non-hydrogen) atoms. The first-order chi connectivity index (χ1) is 10.1. The lowest BCUT2D eigenvalue weighted by Gasteiger charge is -2.33. The van der Waals surface area contributed by atoms with E-state index >= 15 is 0 Å². The third-order valence-corrected chi connectivity index (χ3v) is 3.77. The van der Waals surface area contributed by atoms with Crippen LogP contribution in [-0.2, 0) is 0 Å². The Bertz CT molecular complexity index is 594. The maximum absolute atomic E-state index is 13.2. The lowest BCUT2D eigenvalue weighted by atomic mass is 9.88. The summed E-state index contributed by atoms with van der Waals surface area (Å²) < 4.78 is 41.2. The summed E-state index contributed by atoms with van der Waals surface area (Å²) >= 11 is 0. The number of halogens is 3. The van der Waals surface area contributed by atoms with Gasteiger partial charge in [-0.3, -0.25) is 0 Å². The van der Waals surface area contributed by atoms with Crippen LogP contribution in [0.3, 0.4) is 0 Å². The summed E-state index contributed by atoms with van der Waals surface area (Å²) in [6.45, 7) is 0.567. The van der Waals surface area contributed by atoms with E-state index in [9.17, 15) is 13.2 Å². The first kappa shape index (κ1) is 14.1. The average molecular weight is 296 g/mol. The normalized spacial score (nSPS) is 23.2. The van der Waals surface area contributed by atoms with Crippen molar-refractivity contribution in [2.45, 2.75) is 25.1 Å². The number of piperidine rings is 1. The molecule has 3 rings (SSSR count). The molecular formula is C14H15F3N4. The van der Waals surface area contributed by atoms with Crippen LogP contribution in [0, 0.1) is 5.92 Å². The second kappa shape index (κ2) is 5.48. The molecular weight excluding hydrogens is 281 g/mol. The molecule has 112 valence electrons. The standard InChI is InChI=1S/C14H15F3N4/c15-14(16,17)11-7-4-8-18-13(11)12-9-19-20-21(12)10-5-2-1-3-6-10/h1-3,5-6,9,11,13,18H,4,7-8H2. The van der Waals surface area contributed by atoms with E-state index in [-0.39, 0.29) is 6.42 Å². The zero-order valence-electron chi connectivity index (χ0n) is 11.2. The fourth-order valence-corrected chi connectivity index (χ4v) is 2.78. The second-order valence-electron chi connectivity index (χ2n) is 5.13. The topological polar surface area (TPSA) is 42.7 Å². The summed E-state index contributed by atoms with van der Waals surface area (Å²) in [5, 5.41) is 10.7. The van der Waals surface area contributed by atoms with E-state index in [0.29, 0.717) is 24.3 Å². The fourth-order valence-electron chi connectivity index (χ4n) is 2.78. The van der Waals surface area contributed by atoms with Crippen molar-refractivity contribution in [2.75, 3.05) is 6.54 Å². The molecule has 1 aromatic carbocycles. The fraction of sp³-hybridized carbons (Fsp3) is 0.429. The molecule has 1 aliphatic rings. The quantitative estimate of drug-likeness (QED) is 0.926. The van der Waals surface area contributed by atoms with Gasteiger partial charge in [-0.15, -0.1) is 5.10 Å². The van der Waals surface area contributed by atoms with Crippen LogP contribution in [0.15, 0.2) is 36.5 Å². The predicted octanol–water partition coefficient (Wildman–Crippen LogP) is 2.87. The highest BCUT2D eigenvalue weighted by Crippen LogP contribution is 2.41. The maximum Gasteiger partial charge on any atom is 0.393 e. The summed E-state index contributed by atoms with van der Waals surface area (Å²) in [6.07, 6.45) is -2.17. The predicted molar refractivity (Wildman–Crippen MR) is 70.9 cm³/mol. The Balaban J connectivity index is 1.98. The maximum atomic E-state index is 13.2. The molecule has 0 bridgehead atoms. The van der Waals surface area contributed by atoms with Gasteiger partial charge in [-0.2, -0.15) is 13.2 Å². The molecule has 0 spiro atoms. The molecule has 7 heteroatoms. The largest absolute Gasteiger partial charge is 0.393 e. The highest BCUT2D eigenvalue weighted by molar-refractivity contribution is 5.32. The van der Waals surface area contributed by atoms with Gasteiger partial charge in [0.2, 0.25) is 0 Å². The van der Waals surface area contributed by atoms with E-state index in [1.165, 1.54) is 10.9 Å². The van der Waals surface area contributed by atoms with Crippen molar-refractivity contribution in [3.8, 4) is 5.69 Å². The molecule has 0 radical (unpaired) electrons. The lowest BCUT2D eigenvalue weighted by Crippen LogP contribution is -2.42. The van der Waals surface area contributed by atoms with Crippen LogP contribution in [0.2, 0.25) is 0 Å². The van der Waals surface area contributed by atoms with Crippen molar-refractivity contribution in [2.24, 2.45) is 5.92 Å². The van der Waals surface area contributed by atoms with Crippen LogP contribution in [0.4, 0.5) is 13.2 Å². The van der Waals surface area contributed by atoms with Gasteiger partial charge >= 0.3 is 6.18 Å².